The second-order valence-electron chi connectivity index (χ2n) is 8.20. The highest BCUT2D eigenvalue weighted by Crippen LogP contribution is 2.31. The standard InChI is InChI=1S/C24H23F3N4O4/c1-2-30-12-17(24(33)34)23(32)16-11-18(26)22(20(27)21(16)30)31-9-7-29(8-10-31)13-19(28-35)14-3-5-15(25)6-4-14/h3-6,11-12,35H,2,7-10,13H2,1H3,(H,33,34)/b28-19+. The van der Waals surface area contributed by atoms with Gasteiger partial charge in [0.15, 0.2) is 5.82 Å². The SMILES string of the molecule is CCn1cc(C(=O)O)c(=O)c2cc(F)c(N3CCN(C/C(=N\O)c4ccc(F)cc4)CC3)c(F)c21. The van der Waals surface area contributed by atoms with E-state index in [0.29, 0.717) is 24.4 Å². The zero-order chi connectivity index (χ0) is 25.3. The van der Waals surface area contributed by atoms with Crippen LogP contribution in [0.15, 0.2) is 46.5 Å². The summed E-state index contributed by atoms with van der Waals surface area (Å²) in [4.78, 5) is 27.4. The molecular formula is C24H23F3N4O4. The van der Waals surface area contributed by atoms with Crippen LogP contribution in [-0.2, 0) is 6.54 Å². The van der Waals surface area contributed by atoms with Crippen LogP contribution in [0.3, 0.4) is 0 Å². The Kier molecular flexibility index (Phi) is 6.79. The van der Waals surface area contributed by atoms with E-state index in [9.17, 15) is 24.3 Å². The first-order valence-corrected chi connectivity index (χ1v) is 11.0. The molecule has 1 saturated heterocycles. The summed E-state index contributed by atoms with van der Waals surface area (Å²) in [7, 11) is 0. The zero-order valence-corrected chi connectivity index (χ0v) is 18.8. The van der Waals surface area contributed by atoms with Crippen molar-refractivity contribution in [1.82, 2.24) is 9.47 Å². The monoisotopic (exact) mass is 488 g/mol. The van der Waals surface area contributed by atoms with Gasteiger partial charge < -0.3 is 19.8 Å². The molecular weight excluding hydrogens is 465 g/mol. The summed E-state index contributed by atoms with van der Waals surface area (Å²) >= 11 is 0. The number of fused-ring (bicyclic) bond motifs is 1. The number of anilines is 1. The number of carbonyl (C=O) groups is 1. The van der Waals surface area contributed by atoms with E-state index >= 15 is 8.78 Å². The van der Waals surface area contributed by atoms with Crippen LogP contribution in [0.1, 0.15) is 22.8 Å². The van der Waals surface area contributed by atoms with Gasteiger partial charge in [0, 0.05) is 51.0 Å². The number of pyridine rings is 1. The minimum Gasteiger partial charge on any atom is -0.477 e. The highest BCUT2D eigenvalue weighted by atomic mass is 19.1. The largest absolute Gasteiger partial charge is 0.477 e. The average Bonchev–Trinajstić information content (AvgIpc) is 2.84. The van der Waals surface area contributed by atoms with E-state index in [-0.39, 0.29) is 42.8 Å². The Balaban J connectivity index is 1.59. The zero-order valence-electron chi connectivity index (χ0n) is 18.8. The summed E-state index contributed by atoms with van der Waals surface area (Å²) in [5.41, 5.74) is -1.03. The van der Waals surface area contributed by atoms with Crippen LogP contribution in [0, 0.1) is 17.5 Å². The number of halogens is 3. The summed E-state index contributed by atoms with van der Waals surface area (Å²) in [6.07, 6.45) is 1.07. The van der Waals surface area contributed by atoms with Crippen molar-refractivity contribution in [2.45, 2.75) is 13.5 Å². The highest BCUT2D eigenvalue weighted by molar-refractivity contribution is 6.01. The first-order valence-electron chi connectivity index (χ1n) is 11.0. The number of piperazine rings is 1. The smallest absolute Gasteiger partial charge is 0.341 e. The van der Waals surface area contributed by atoms with E-state index in [1.165, 1.54) is 33.7 Å². The van der Waals surface area contributed by atoms with E-state index in [1.54, 1.807) is 6.92 Å². The van der Waals surface area contributed by atoms with Crippen molar-refractivity contribution in [2.75, 3.05) is 37.6 Å². The van der Waals surface area contributed by atoms with Crippen LogP contribution in [0.25, 0.3) is 10.9 Å². The van der Waals surface area contributed by atoms with Crippen molar-refractivity contribution in [3.05, 3.63) is 75.3 Å². The summed E-state index contributed by atoms with van der Waals surface area (Å²) in [5.74, 6) is -3.75. The van der Waals surface area contributed by atoms with Gasteiger partial charge in [0.05, 0.1) is 10.9 Å². The summed E-state index contributed by atoms with van der Waals surface area (Å²) in [6, 6.07) is 6.43. The van der Waals surface area contributed by atoms with Gasteiger partial charge in [0.1, 0.15) is 28.6 Å². The Bertz CT molecular complexity index is 1360. The van der Waals surface area contributed by atoms with Crippen LogP contribution in [0.2, 0.25) is 0 Å². The number of carboxylic acids is 1. The van der Waals surface area contributed by atoms with E-state index in [2.05, 4.69) is 5.16 Å². The summed E-state index contributed by atoms with van der Waals surface area (Å²) in [5, 5.41) is 21.7. The van der Waals surface area contributed by atoms with Gasteiger partial charge in [0.2, 0.25) is 5.43 Å². The number of rotatable bonds is 6. The van der Waals surface area contributed by atoms with Crippen LogP contribution in [0.4, 0.5) is 18.9 Å². The lowest BCUT2D eigenvalue weighted by Crippen LogP contribution is -2.48. The molecule has 2 aromatic carbocycles. The van der Waals surface area contributed by atoms with Gasteiger partial charge in [-0.05, 0) is 25.1 Å². The molecule has 1 aliphatic rings. The second kappa shape index (κ2) is 9.79. The molecule has 1 aliphatic heterocycles. The van der Waals surface area contributed by atoms with Gasteiger partial charge in [0.25, 0.3) is 0 Å². The predicted octanol–water partition coefficient (Wildman–Crippen LogP) is 3.14. The third-order valence-corrected chi connectivity index (χ3v) is 6.16. The molecule has 1 fully saturated rings. The highest BCUT2D eigenvalue weighted by Gasteiger charge is 2.27. The minimum absolute atomic E-state index is 0.146. The molecule has 0 bridgehead atoms. The molecule has 35 heavy (non-hydrogen) atoms. The molecule has 8 nitrogen and oxygen atoms in total. The number of aromatic nitrogens is 1. The van der Waals surface area contributed by atoms with Crippen molar-refractivity contribution < 1.29 is 28.3 Å². The molecule has 4 rings (SSSR count). The maximum atomic E-state index is 15.6. The van der Waals surface area contributed by atoms with Crippen molar-refractivity contribution in [1.29, 1.82) is 0 Å². The van der Waals surface area contributed by atoms with Crippen LogP contribution in [0.5, 0.6) is 0 Å². The molecule has 2 N–H and O–H groups in total. The number of aryl methyl sites for hydroxylation is 1. The topological polar surface area (TPSA) is 98.4 Å². The Morgan fingerprint density at radius 3 is 2.31 bits per heavy atom. The number of benzene rings is 2. The fourth-order valence-electron chi connectivity index (χ4n) is 4.33. The summed E-state index contributed by atoms with van der Waals surface area (Å²) in [6.45, 7) is 3.41. The molecule has 2 heterocycles. The van der Waals surface area contributed by atoms with Crippen LogP contribution < -0.4 is 10.3 Å². The van der Waals surface area contributed by atoms with Gasteiger partial charge in [-0.2, -0.15) is 0 Å². The Morgan fingerprint density at radius 2 is 1.74 bits per heavy atom. The van der Waals surface area contributed by atoms with Gasteiger partial charge in [-0.25, -0.2) is 18.0 Å². The second-order valence-corrected chi connectivity index (χ2v) is 8.20. The number of carboxylic acid groups (broad SMARTS) is 1. The molecule has 0 saturated carbocycles. The van der Waals surface area contributed by atoms with Gasteiger partial charge in [-0.1, -0.05) is 17.3 Å². The molecule has 0 atom stereocenters. The number of nitrogens with zero attached hydrogens (tertiary/aromatic N) is 4. The lowest BCUT2D eigenvalue weighted by atomic mass is 10.1. The van der Waals surface area contributed by atoms with Crippen molar-refractivity contribution in [3.8, 4) is 0 Å². The molecule has 0 aliphatic carbocycles. The average molecular weight is 488 g/mol. The van der Waals surface area contributed by atoms with Crippen molar-refractivity contribution >= 4 is 28.3 Å². The first-order chi connectivity index (χ1) is 16.7. The minimum atomic E-state index is -1.47. The number of hydrogen-bond donors (Lipinski definition) is 2. The van der Waals surface area contributed by atoms with Gasteiger partial charge in [-0.3, -0.25) is 9.69 Å². The Morgan fingerprint density at radius 1 is 1.09 bits per heavy atom. The first kappa shape index (κ1) is 24.3. The lowest BCUT2D eigenvalue weighted by molar-refractivity contribution is 0.0694. The van der Waals surface area contributed by atoms with Crippen LogP contribution >= 0.6 is 0 Å². The van der Waals surface area contributed by atoms with Crippen molar-refractivity contribution in [3.63, 3.8) is 0 Å². The van der Waals surface area contributed by atoms with E-state index in [0.717, 1.165) is 12.3 Å². The maximum Gasteiger partial charge on any atom is 0.341 e. The summed E-state index contributed by atoms with van der Waals surface area (Å²) < 4.78 is 45.1. The molecule has 11 heteroatoms. The Hall–Kier alpha value is -3.86. The quantitative estimate of drug-likeness (QED) is 0.314. The number of aromatic carboxylic acids is 1. The lowest BCUT2D eigenvalue weighted by Gasteiger charge is -2.36. The number of hydrogen-bond acceptors (Lipinski definition) is 6. The normalized spacial score (nSPS) is 15.1. The molecule has 1 aromatic heterocycles. The maximum absolute atomic E-state index is 15.6. The fourth-order valence-corrected chi connectivity index (χ4v) is 4.33. The van der Waals surface area contributed by atoms with Crippen LogP contribution in [-0.4, -0.2) is 64.2 Å². The molecule has 0 unspecified atom stereocenters. The third-order valence-electron chi connectivity index (χ3n) is 6.16. The Labute approximate surface area is 198 Å². The number of oxime groups is 1. The van der Waals surface area contributed by atoms with Gasteiger partial charge >= 0.3 is 5.97 Å². The fraction of sp³-hybridized carbons (Fsp3) is 0.292. The van der Waals surface area contributed by atoms with Crippen molar-refractivity contribution in [2.24, 2.45) is 5.16 Å². The molecule has 0 spiro atoms. The molecule has 3 aromatic rings. The van der Waals surface area contributed by atoms with E-state index in [4.69, 9.17) is 0 Å². The third kappa shape index (κ3) is 4.59. The molecule has 0 radical (unpaired) electrons. The molecule has 184 valence electrons. The van der Waals surface area contributed by atoms with Gasteiger partial charge in [-0.15, -0.1) is 0 Å². The predicted molar refractivity (Wildman–Crippen MR) is 124 cm³/mol. The van der Waals surface area contributed by atoms with E-state index in [1.807, 2.05) is 4.90 Å². The van der Waals surface area contributed by atoms with E-state index < -0.39 is 34.4 Å². The molecule has 0 amide bonds.